The van der Waals surface area contributed by atoms with Crippen LogP contribution in [0.5, 0.6) is 0 Å². The van der Waals surface area contributed by atoms with Gasteiger partial charge < -0.3 is 4.57 Å². The average molecular weight is 447 g/mol. The van der Waals surface area contributed by atoms with Crippen LogP contribution in [-0.2, 0) is 6.54 Å². The molecule has 0 aliphatic heterocycles. The zero-order valence-electron chi connectivity index (χ0n) is 19.8. The summed E-state index contributed by atoms with van der Waals surface area (Å²) < 4.78 is 2.23. The van der Waals surface area contributed by atoms with E-state index in [0.29, 0.717) is 28.6 Å². The van der Waals surface area contributed by atoms with E-state index in [2.05, 4.69) is 54.1 Å². The highest BCUT2D eigenvalue weighted by Gasteiger charge is 2.75. The molecule has 4 aromatic rings. The van der Waals surface area contributed by atoms with Gasteiger partial charge in [-0.2, -0.15) is 0 Å². The van der Waals surface area contributed by atoms with Gasteiger partial charge in [0.05, 0.1) is 11.2 Å². The molecule has 3 nitrogen and oxygen atoms in total. The molecule has 170 valence electrons. The van der Waals surface area contributed by atoms with Crippen LogP contribution in [0.3, 0.4) is 0 Å². The summed E-state index contributed by atoms with van der Waals surface area (Å²) in [6.45, 7) is 3.13. The summed E-state index contributed by atoms with van der Waals surface area (Å²) in [6, 6.07) is 22.8. The lowest BCUT2D eigenvalue weighted by atomic mass is 9.31. The van der Waals surface area contributed by atoms with Gasteiger partial charge in [0.1, 0.15) is 0 Å². The largest absolute Gasteiger partial charge is 0.342 e. The van der Waals surface area contributed by atoms with Crippen molar-refractivity contribution in [3.8, 4) is 11.3 Å². The number of fused-ring (bicyclic) bond motifs is 1. The Kier molecular flexibility index (Phi) is 4.11. The lowest BCUT2D eigenvalue weighted by molar-refractivity contribution is -0.233. The molecule has 2 heterocycles. The Morgan fingerprint density at radius 1 is 0.941 bits per heavy atom. The number of ketones is 1. The quantitative estimate of drug-likeness (QED) is 0.279. The summed E-state index contributed by atoms with van der Waals surface area (Å²) in [7, 11) is 0. The highest BCUT2D eigenvalue weighted by atomic mass is 16.1. The molecule has 3 heteroatoms. The van der Waals surface area contributed by atoms with Crippen molar-refractivity contribution >= 4 is 16.7 Å². The van der Waals surface area contributed by atoms with E-state index >= 15 is 0 Å². The first kappa shape index (κ1) is 20.2. The van der Waals surface area contributed by atoms with E-state index in [1.807, 2.05) is 36.5 Å². The maximum atomic E-state index is 13.7. The van der Waals surface area contributed by atoms with Crippen molar-refractivity contribution in [2.24, 2.45) is 16.2 Å². The van der Waals surface area contributed by atoms with Crippen LogP contribution in [0, 0.1) is 16.2 Å². The summed E-state index contributed by atoms with van der Waals surface area (Å²) >= 11 is 0. The highest BCUT2D eigenvalue weighted by Crippen LogP contribution is 2.85. The predicted molar refractivity (Wildman–Crippen MR) is 136 cm³/mol. The summed E-state index contributed by atoms with van der Waals surface area (Å²) in [5.41, 5.74) is 6.57. The maximum absolute atomic E-state index is 13.7. The summed E-state index contributed by atoms with van der Waals surface area (Å²) in [5, 5.41) is 1.14. The number of pyridine rings is 1. The number of hydrogen-bond acceptors (Lipinski definition) is 2. The Bertz CT molecular complexity index is 1390. The fraction of sp³-hybridized carbons (Fsp3) is 0.355. The lowest BCUT2D eigenvalue weighted by Crippen LogP contribution is -2.64. The first-order valence-electron chi connectivity index (χ1n) is 12.6. The number of para-hydroxylation sites is 1. The smallest absolute Gasteiger partial charge is 0.165 e. The molecule has 2 aromatic carbocycles. The third-order valence-corrected chi connectivity index (χ3v) is 9.11. The number of carbonyl (C=O) groups is 1. The zero-order chi connectivity index (χ0) is 23.0. The molecule has 4 saturated carbocycles. The van der Waals surface area contributed by atoms with Gasteiger partial charge >= 0.3 is 0 Å². The van der Waals surface area contributed by atoms with Gasteiger partial charge in [0.25, 0.3) is 0 Å². The molecule has 0 saturated heterocycles. The van der Waals surface area contributed by atoms with Crippen molar-refractivity contribution in [2.75, 3.05) is 0 Å². The van der Waals surface area contributed by atoms with Crippen LogP contribution >= 0.6 is 0 Å². The number of hydrogen-bond donors (Lipinski definition) is 0. The van der Waals surface area contributed by atoms with Gasteiger partial charge in [-0.15, -0.1) is 0 Å². The number of aromatic nitrogens is 2. The second-order valence-corrected chi connectivity index (χ2v) is 11.6. The van der Waals surface area contributed by atoms with E-state index < -0.39 is 0 Å². The Morgan fingerprint density at radius 3 is 2.41 bits per heavy atom. The third kappa shape index (κ3) is 2.95. The van der Waals surface area contributed by atoms with Crippen LogP contribution in [-0.4, -0.2) is 15.3 Å². The average Bonchev–Trinajstić information content (AvgIpc) is 3.48. The molecule has 2 bridgehead atoms. The fourth-order valence-corrected chi connectivity index (χ4v) is 7.42. The number of benzene rings is 2. The summed E-state index contributed by atoms with van der Waals surface area (Å²) in [4.78, 5) is 18.4. The van der Waals surface area contributed by atoms with E-state index in [1.54, 1.807) is 0 Å². The van der Waals surface area contributed by atoms with Crippen LogP contribution in [0.2, 0.25) is 0 Å². The Labute approximate surface area is 200 Å². The van der Waals surface area contributed by atoms with Crippen molar-refractivity contribution in [1.82, 2.24) is 9.55 Å². The molecule has 0 atom stereocenters. The molecule has 8 rings (SSSR count). The topological polar surface area (TPSA) is 34.9 Å². The van der Waals surface area contributed by atoms with Crippen molar-refractivity contribution in [1.29, 1.82) is 0 Å². The molecular weight excluding hydrogens is 416 g/mol. The van der Waals surface area contributed by atoms with E-state index in [-0.39, 0.29) is 0 Å². The minimum Gasteiger partial charge on any atom is -0.342 e. The summed E-state index contributed by atoms with van der Waals surface area (Å²) in [6.07, 6.45) is 11.3. The minimum absolute atomic E-state index is 0.290. The zero-order valence-corrected chi connectivity index (χ0v) is 19.8. The van der Waals surface area contributed by atoms with Crippen LogP contribution in [0.15, 0.2) is 79.1 Å². The molecule has 0 unspecified atom stereocenters. The molecule has 0 radical (unpaired) electrons. The number of carbonyl (C=O) groups excluding carboxylic acids is 1. The molecular formula is C31H30N2O. The Hall–Kier alpha value is -3.20. The van der Waals surface area contributed by atoms with Gasteiger partial charge in [-0.05, 0) is 72.1 Å². The Balaban J connectivity index is 1.15. The van der Waals surface area contributed by atoms with E-state index in [1.165, 1.54) is 32.1 Å². The second kappa shape index (κ2) is 6.91. The van der Waals surface area contributed by atoms with Gasteiger partial charge in [-0.3, -0.25) is 9.78 Å². The van der Waals surface area contributed by atoms with E-state index in [9.17, 15) is 4.79 Å². The van der Waals surface area contributed by atoms with Crippen molar-refractivity contribution in [3.63, 3.8) is 0 Å². The van der Waals surface area contributed by atoms with Gasteiger partial charge in [-0.1, -0.05) is 55.5 Å². The SMILES string of the molecule is CC12CC(C3(CC(=O)c4cccc5ccn(Cc6ccc(-c7ccccc7)nc6)c45)CC3)(C1)C2. The molecule has 0 amide bonds. The first-order chi connectivity index (χ1) is 16.5. The minimum atomic E-state index is 0.290. The van der Waals surface area contributed by atoms with Gasteiger partial charge in [0, 0.05) is 41.9 Å². The van der Waals surface area contributed by atoms with Gasteiger partial charge in [0.15, 0.2) is 5.78 Å². The van der Waals surface area contributed by atoms with Crippen molar-refractivity contribution in [3.05, 3.63) is 90.3 Å². The third-order valence-electron chi connectivity index (χ3n) is 9.11. The van der Waals surface area contributed by atoms with Gasteiger partial charge in [-0.25, -0.2) is 0 Å². The van der Waals surface area contributed by atoms with Crippen LogP contribution in [0.1, 0.15) is 61.4 Å². The standard InChI is InChI=1S/C31H30N2O/c1-29-19-31(20-29,21-29)30(13-14-30)16-27(34)25-9-5-8-24-12-15-33(28(24)25)18-22-10-11-26(32-17-22)23-6-3-2-4-7-23/h2-12,15,17H,13-14,16,18-21H2,1H3. The van der Waals surface area contributed by atoms with Crippen LogP contribution < -0.4 is 0 Å². The van der Waals surface area contributed by atoms with Crippen LogP contribution in [0.4, 0.5) is 0 Å². The molecule has 0 N–H and O–H groups in total. The molecule has 34 heavy (non-hydrogen) atoms. The predicted octanol–water partition coefficient (Wildman–Crippen LogP) is 7.29. The maximum Gasteiger partial charge on any atom is 0.165 e. The van der Waals surface area contributed by atoms with Crippen molar-refractivity contribution < 1.29 is 4.79 Å². The molecule has 4 aliphatic carbocycles. The Morgan fingerprint density at radius 2 is 1.74 bits per heavy atom. The van der Waals surface area contributed by atoms with E-state index in [4.69, 9.17) is 4.98 Å². The number of rotatable bonds is 7. The van der Waals surface area contributed by atoms with Crippen molar-refractivity contribution in [2.45, 2.75) is 52.0 Å². The fourth-order valence-electron chi connectivity index (χ4n) is 7.42. The lowest BCUT2D eigenvalue weighted by Gasteiger charge is -2.73. The van der Waals surface area contributed by atoms with Crippen LogP contribution in [0.25, 0.3) is 22.2 Å². The highest BCUT2D eigenvalue weighted by molar-refractivity contribution is 6.07. The summed E-state index contributed by atoms with van der Waals surface area (Å²) in [5.74, 6) is 0.329. The van der Waals surface area contributed by atoms with Gasteiger partial charge in [0.2, 0.25) is 0 Å². The molecule has 2 aromatic heterocycles. The molecule has 4 aliphatic rings. The first-order valence-corrected chi connectivity index (χ1v) is 12.6. The normalized spacial score (nSPS) is 26.0. The molecule has 0 spiro atoms. The monoisotopic (exact) mass is 446 g/mol. The molecule has 4 fully saturated rings. The van der Waals surface area contributed by atoms with E-state index in [0.717, 1.165) is 39.7 Å². The second-order valence-electron chi connectivity index (χ2n) is 11.6. The number of nitrogens with zero attached hydrogens (tertiary/aromatic N) is 2. The number of Topliss-reactive ketones (excluding diaryl/α,β-unsaturated/α-hetero) is 1.